The zero-order valence-electron chi connectivity index (χ0n) is 4.87. The van der Waals surface area contributed by atoms with E-state index in [0.717, 1.165) is 4.90 Å². The van der Waals surface area contributed by atoms with Gasteiger partial charge in [0, 0.05) is 0 Å². The van der Waals surface area contributed by atoms with Crippen LogP contribution in [-0.2, 0) is 24.6 Å². The van der Waals surface area contributed by atoms with Crippen LogP contribution in [0, 0.1) is 0 Å². The van der Waals surface area contributed by atoms with Crippen molar-refractivity contribution in [2.75, 3.05) is 0 Å². The molecule has 0 bridgehead atoms. The van der Waals surface area contributed by atoms with E-state index >= 15 is 0 Å². The van der Waals surface area contributed by atoms with Gasteiger partial charge in [-0.05, 0) is 0 Å². The van der Waals surface area contributed by atoms with Gasteiger partial charge < -0.3 is 0 Å². The summed E-state index contributed by atoms with van der Waals surface area (Å²) >= 11 is 0.669. The first-order valence-corrected chi connectivity index (χ1v) is 10.3. The fourth-order valence-electron chi connectivity index (χ4n) is 0.579. The van der Waals surface area contributed by atoms with Gasteiger partial charge in [-0.25, -0.2) is 0 Å². The third-order valence-corrected chi connectivity index (χ3v) is 5.30. The minimum atomic E-state index is 0.414. The molecular formula is C6H5HgOS. The summed E-state index contributed by atoms with van der Waals surface area (Å²) in [5, 5.41) is 9.12. The van der Waals surface area contributed by atoms with Gasteiger partial charge in [0.1, 0.15) is 0 Å². The van der Waals surface area contributed by atoms with Crippen LogP contribution in [0.3, 0.4) is 0 Å². The number of phenols is 1. The normalized spacial score (nSPS) is 9.56. The van der Waals surface area contributed by atoms with Gasteiger partial charge in [-0.3, -0.25) is 0 Å². The van der Waals surface area contributed by atoms with Crippen LogP contribution in [0.1, 0.15) is 0 Å². The van der Waals surface area contributed by atoms with E-state index in [9.17, 15) is 0 Å². The third kappa shape index (κ3) is 1.87. The van der Waals surface area contributed by atoms with Gasteiger partial charge in [0.25, 0.3) is 0 Å². The predicted octanol–water partition coefficient (Wildman–Crippen LogP) is 1.95. The molecule has 1 aromatic carbocycles. The van der Waals surface area contributed by atoms with E-state index in [1.54, 1.807) is 14.3 Å². The van der Waals surface area contributed by atoms with Crippen molar-refractivity contribution in [2.45, 2.75) is 4.90 Å². The summed E-state index contributed by atoms with van der Waals surface area (Å²) in [5.74, 6) is 0.414. The predicted molar refractivity (Wildman–Crippen MR) is 34.0 cm³/mol. The van der Waals surface area contributed by atoms with Gasteiger partial charge in [0.15, 0.2) is 0 Å². The quantitative estimate of drug-likeness (QED) is 0.796. The van der Waals surface area contributed by atoms with Gasteiger partial charge in [-0.15, -0.1) is 0 Å². The van der Waals surface area contributed by atoms with Gasteiger partial charge >= 0.3 is 72.9 Å². The van der Waals surface area contributed by atoms with Crippen molar-refractivity contribution < 1.29 is 29.7 Å². The molecular weight excluding hydrogens is 321 g/mol. The molecule has 1 aromatic rings. The molecule has 1 nitrogen and oxygen atoms in total. The van der Waals surface area contributed by atoms with E-state index < -0.39 is 0 Å². The fourth-order valence-corrected chi connectivity index (χ4v) is 3.82. The summed E-state index contributed by atoms with van der Waals surface area (Å²) < 4.78 is 0. The van der Waals surface area contributed by atoms with Crippen molar-refractivity contribution >= 4 is 8.24 Å². The van der Waals surface area contributed by atoms with Gasteiger partial charge in [-0.1, -0.05) is 0 Å². The van der Waals surface area contributed by atoms with Crippen molar-refractivity contribution in [2.24, 2.45) is 0 Å². The number of phenolic OH excluding ortho intramolecular Hbond substituents is 1. The maximum absolute atomic E-state index is 9.12. The van der Waals surface area contributed by atoms with Crippen molar-refractivity contribution in [3.63, 3.8) is 0 Å². The molecule has 9 heavy (non-hydrogen) atoms. The average molecular weight is 326 g/mol. The Morgan fingerprint density at radius 2 is 2.00 bits per heavy atom. The average Bonchev–Trinajstić information content (AvgIpc) is 1.89. The first-order valence-electron chi connectivity index (χ1n) is 2.54. The van der Waals surface area contributed by atoms with Crippen LogP contribution in [0.5, 0.6) is 5.75 Å². The monoisotopic (exact) mass is 327 g/mol. The second-order valence-corrected chi connectivity index (χ2v) is 5.71. The topological polar surface area (TPSA) is 20.2 Å². The number of rotatable bonds is 1. The molecule has 0 saturated heterocycles. The molecule has 0 aliphatic carbocycles. The molecule has 0 amide bonds. The first-order chi connectivity index (χ1) is 4.34. The molecule has 0 radical (unpaired) electrons. The van der Waals surface area contributed by atoms with Crippen LogP contribution < -0.4 is 0 Å². The standard InChI is InChI=1S/C6H6OS.Hg/c7-5-3-1-2-4-6(5)8;/h1-4,7-8H;/q;+1/p-1. The molecule has 0 spiro atoms. The number of para-hydroxylation sites is 1. The van der Waals surface area contributed by atoms with Gasteiger partial charge in [0.05, 0.1) is 0 Å². The molecule has 3 heteroatoms. The molecule has 0 unspecified atom stereocenters. The molecule has 0 fully saturated rings. The second-order valence-electron chi connectivity index (χ2n) is 1.61. The van der Waals surface area contributed by atoms with E-state index in [4.69, 9.17) is 5.11 Å². The molecule has 0 aromatic heterocycles. The Balaban J connectivity index is 3.01. The minimum absolute atomic E-state index is 0.414. The summed E-state index contributed by atoms with van der Waals surface area (Å²) in [6, 6.07) is 7.43. The number of benzene rings is 1. The Kier molecular flexibility index (Phi) is 2.86. The van der Waals surface area contributed by atoms with Crippen LogP contribution in [0.15, 0.2) is 29.2 Å². The molecule has 1 rings (SSSR count). The van der Waals surface area contributed by atoms with E-state index in [1.165, 1.54) is 0 Å². The van der Waals surface area contributed by atoms with Crippen molar-refractivity contribution in [3.05, 3.63) is 24.3 Å². The number of aromatic hydroxyl groups is 1. The zero-order chi connectivity index (χ0) is 6.69. The Morgan fingerprint density at radius 3 is 2.44 bits per heavy atom. The number of hydrogen-bond donors (Lipinski definition) is 1. The molecule has 0 aliphatic rings. The Labute approximate surface area is 72.6 Å². The van der Waals surface area contributed by atoms with Crippen molar-refractivity contribution in [1.29, 1.82) is 0 Å². The summed E-state index contributed by atoms with van der Waals surface area (Å²) in [4.78, 5) is 1.01. The third-order valence-electron chi connectivity index (χ3n) is 1.02. The summed E-state index contributed by atoms with van der Waals surface area (Å²) in [6.07, 6.45) is 0. The summed E-state index contributed by atoms with van der Waals surface area (Å²) in [5.41, 5.74) is 0. The van der Waals surface area contributed by atoms with Crippen LogP contribution in [0.2, 0.25) is 0 Å². The number of hydrogen-bond acceptors (Lipinski definition) is 2. The summed E-state index contributed by atoms with van der Waals surface area (Å²) in [7, 11) is 1.74. The van der Waals surface area contributed by atoms with Crippen LogP contribution >= 0.6 is 8.24 Å². The molecule has 0 saturated carbocycles. The molecule has 0 heterocycles. The SMILES string of the molecule is Oc1ccccc1[S][Hg]. The Bertz CT molecular complexity index is 202. The van der Waals surface area contributed by atoms with Crippen LogP contribution in [0.25, 0.3) is 0 Å². The Morgan fingerprint density at radius 1 is 1.33 bits per heavy atom. The van der Waals surface area contributed by atoms with Crippen LogP contribution in [-0.4, -0.2) is 5.11 Å². The molecule has 0 atom stereocenters. The summed E-state index contributed by atoms with van der Waals surface area (Å²) in [6.45, 7) is 0. The second kappa shape index (κ2) is 3.47. The first kappa shape index (κ1) is 7.41. The van der Waals surface area contributed by atoms with E-state index in [2.05, 4.69) is 0 Å². The van der Waals surface area contributed by atoms with Crippen LogP contribution in [0.4, 0.5) is 0 Å². The zero-order valence-corrected chi connectivity index (χ0v) is 11.2. The molecule has 43 valence electrons. The van der Waals surface area contributed by atoms with E-state index in [0.29, 0.717) is 30.4 Å². The fraction of sp³-hybridized carbons (Fsp3) is 0. The molecule has 0 aliphatic heterocycles. The van der Waals surface area contributed by atoms with Crippen molar-refractivity contribution in [1.82, 2.24) is 0 Å². The van der Waals surface area contributed by atoms with Gasteiger partial charge in [-0.2, -0.15) is 0 Å². The van der Waals surface area contributed by atoms with Gasteiger partial charge in [0.2, 0.25) is 0 Å². The maximum atomic E-state index is 9.12. The Hall–Kier alpha value is 0.305. The van der Waals surface area contributed by atoms with E-state index in [1.807, 2.05) is 18.2 Å². The van der Waals surface area contributed by atoms with Crippen molar-refractivity contribution in [3.8, 4) is 5.75 Å². The van der Waals surface area contributed by atoms with E-state index in [-0.39, 0.29) is 0 Å². The molecule has 1 N–H and O–H groups in total.